The Labute approximate surface area is 112 Å². The molecule has 1 saturated heterocycles. The molecule has 3 rings (SSSR count). The van der Waals surface area contributed by atoms with Gasteiger partial charge in [-0.1, -0.05) is 12.1 Å². The minimum atomic E-state index is -0.554. The van der Waals surface area contributed by atoms with Gasteiger partial charge in [-0.25, -0.2) is 0 Å². The lowest BCUT2D eigenvalue weighted by Gasteiger charge is -2.31. The second kappa shape index (κ2) is 5.09. The van der Waals surface area contributed by atoms with E-state index in [4.69, 9.17) is 15.2 Å². The van der Waals surface area contributed by atoms with Gasteiger partial charge in [-0.2, -0.15) is 0 Å². The predicted octanol–water partition coefficient (Wildman–Crippen LogP) is 0.776. The lowest BCUT2D eigenvalue weighted by Crippen LogP contribution is -2.49. The first-order valence-electron chi connectivity index (χ1n) is 6.68. The summed E-state index contributed by atoms with van der Waals surface area (Å²) in [4.78, 5) is 14.3. The number of likely N-dealkylation sites (tertiary alicyclic amines) is 1. The number of nitrogens with zero attached hydrogens (tertiary/aromatic N) is 1. The Hall–Kier alpha value is -1.75. The molecule has 5 nitrogen and oxygen atoms in total. The number of rotatable bonds is 2. The molecule has 2 aliphatic rings. The first-order chi connectivity index (χ1) is 9.29. The molecule has 2 unspecified atom stereocenters. The summed E-state index contributed by atoms with van der Waals surface area (Å²) in [5, 5.41) is 0. The zero-order valence-corrected chi connectivity index (χ0v) is 10.7. The van der Waals surface area contributed by atoms with Gasteiger partial charge in [0.15, 0.2) is 11.5 Å². The number of fused-ring (bicyclic) bond motifs is 1. The van der Waals surface area contributed by atoms with Crippen molar-refractivity contribution in [3.8, 4) is 11.5 Å². The van der Waals surface area contributed by atoms with Crippen molar-refractivity contribution in [2.75, 3.05) is 19.7 Å². The van der Waals surface area contributed by atoms with Crippen LogP contribution in [0.1, 0.15) is 12.8 Å². The summed E-state index contributed by atoms with van der Waals surface area (Å²) >= 11 is 0. The Bertz CT molecular complexity index is 478. The lowest BCUT2D eigenvalue weighted by atomic mass is 10.2. The summed E-state index contributed by atoms with van der Waals surface area (Å²) in [6, 6.07) is 7.56. The molecule has 2 aliphatic heterocycles. The van der Waals surface area contributed by atoms with Crippen LogP contribution in [0.3, 0.4) is 0 Å². The molecule has 102 valence electrons. The summed E-state index contributed by atoms with van der Waals surface area (Å²) in [6.45, 7) is 1.54. The summed E-state index contributed by atoms with van der Waals surface area (Å²) < 4.78 is 11.3. The molecule has 1 fully saturated rings. The number of carbonyl (C=O) groups excluding carboxylic acids is 1. The van der Waals surface area contributed by atoms with E-state index in [1.165, 1.54) is 0 Å². The minimum absolute atomic E-state index is 0.0116. The minimum Gasteiger partial charge on any atom is -0.485 e. The van der Waals surface area contributed by atoms with Crippen molar-refractivity contribution in [2.24, 2.45) is 5.73 Å². The van der Waals surface area contributed by atoms with Crippen LogP contribution in [0.5, 0.6) is 11.5 Å². The van der Waals surface area contributed by atoms with E-state index in [1.54, 1.807) is 0 Å². The molecular formula is C14H18N2O3. The molecule has 1 amide bonds. The van der Waals surface area contributed by atoms with Crippen molar-refractivity contribution >= 4 is 5.91 Å². The zero-order valence-electron chi connectivity index (χ0n) is 10.7. The fourth-order valence-electron chi connectivity index (χ4n) is 2.70. The number of para-hydroxylation sites is 2. The van der Waals surface area contributed by atoms with E-state index in [1.807, 2.05) is 29.2 Å². The van der Waals surface area contributed by atoms with Crippen molar-refractivity contribution in [3.05, 3.63) is 24.3 Å². The van der Waals surface area contributed by atoms with Gasteiger partial charge in [-0.3, -0.25) is 4.79 Å². The SMILES string of the molecule is NCC1CCCN1C(=O)C1COc2ccccc2O1. The molecule has 2 heterocycles. The Morgan fingerprint density at radius 1 is 1.37 bits per heavy atom. The molecule has 1 aromatic rings. The van der Waals surface area contributed by atoms with Crippen LogP contribution in [0, 0.1) is 0 Å². The topological polar surface area (TPSA) is 64.8 Å². The van der Waals surface area contributed by atoms with Crippen LogP contribution in [0.15, 0.2) is 24.3 Å². The van der Waals surface area contributed by atoms with Crippen molar-refractivity contribution in [3.63, 3.8) is 0 Å². The van der Waals surface area contributed by atoms with Gasteiger partial charge >= 0.3 is 0 Å². The number of nitrogens with two attached hydrogens (primary N) is 1. The molecule has 0 aliphatic carbocycles. The van der Waals surface area contributed by atoms with Crippen LogP contribution in [-0.2, 0) is 4.79 Å². The van der Waals surface area contributed by atoms with Crippen LogP contribution in [0.2, 0.25) is 0 Å². The molecule has 0 saturated carbocycles. The van der Waals surface area contributed by atoms with Crippen molar-refractivity contribution in [2.45, 2.75) is 25.0 Å². The molecule has 0 radical (unpaired) electrons. The first-order valence-corrected chi connectivity index (χ1v) is 6.68. The van der Waals surface area contributed by atoms with Crippen LogP contribution in [-0.4, -0.2) is 42.6 Å². The molecule has 19 heavy (non-hydrogen) atoms. The number of hydrogen-bond acceptors (Lipinski definition) is 4. The highest BCUT2D eigenvalue weighted by Gasteiger charge is 2.35. The quantitative estimate of drug-likeness (QED) is 0.855. The zero-order chi connectivity index (χ0) is 13.2. The maximum atomic E-state index is 12.4. The molecule has 0 aromatic heterocycles. The van der Waals surface area contributed by atoms with Gasteiger partial charge in [-0.05, 0) is 25.0 Å². The van der Waals surface area contributed by atoms with Crippen molar-refractivity contribution in [1.29, 1.82) is 0 Å². The van der Waals surface area contributed by atoms with Gasteiger partial charge in [0.2, 0.25) is 6.10 Å². The Balaban J connectivity index is 1.72. The van der Waals surface area contributed by atoms with Gasteiger partial charge in [-0.15, -0.1) is 0 Å². The Morgan fingerprint density at radius 3 is 2.95 bits per heavy atom. The second-order valence-corrected chi connectivity index (χ2v) is 4.93. The Kier molecular flexibility index (Phi) is 3.29. The van der Waals surface area contributed by atoms with Gasteiger partial charge in [0, 0.05) is 19.1 Å². The molecular weight excluding hydrogens is 244 g/mol. The lowest BCUT2D eigenvalue weighted by molar-refractivity contribution is -0.141. The number of benzene rings is 1. The normalized spacial score (nSPS) is 25.4. The third-order valence-electron chi connectivity index (χ3n) is 3.72. The van der Waals surface area contributed by atoms with E-state index in [0.29, 0.717) is 18.0 Å². The Morgan fingerprint density at radius 2 is 2.16 bits per heavy atom. The molecule has 0 bridgehead atoms. The van der Waals surface area contributed by atoms with E-state index < -0.39 is 6.10 Å². The predicted molar refractivity (Wildman–Crippen MR) is 70.1 cm³/mol. The summed E-state index contributed by atoms with van der Waals surface area (Å²) in [7, 11) is 0. The van der Waals surface area contributed by atoms with Gasteiger partial charge < -0.3 is 20.1 Å². The average molecular weight is 262 g/mol. The molecule has 2 atom stereocenters. The highest BCUT2D eigenvalue weighted by Crippen LogP contribution is 2.31. The van der Waals surface area contributed by atoms with Gasteiger partial charge in [0.1, 0.15) is 6.61 Å². The van der Waals surface area contributed by atoms with E-state index in [0.717, 1.165) is 19.4 Å². The summed E-state index contributed by atoms with van der Waals surface area (Å²) in [5.41, 5.74) is 5.70. The van der Waals surface area contributed by atoms with Crippen molar-refractivity contribution < 1.29 is 14.3 Å². The fraction of sp³-hybridized carbons (Fsp3) is 0.500. The van der Waals surface area contributed by atoms with Gasteiger partial charge in [0.05, 0.1) is 0 Å². The highest BCUT2D eigenvalue weighted by atomic mass is 16.6. The molecule has 0 spiro atoms. The smallest absolute Gasteiger partial charge is 0.267 e. The highest BCUT2D eigenvalue weighted by molar-refractivity contribution is 5.82. The monoisotopic (exact) mass is 262 g/mol. The first kappa shape index (κ1) is 12.3. The van der Waals surface area contributed by atoms with E-state index in [2.05, 4.69) is 0 Å². The van der Waals surface area contributed by atoms with Crippen LogP contribution in [0.25, 0.3) is 0 Å². The molecule has 5 heteroatoms. The van der Waals surface area contributed by atoms with Crippen LogP contribution >= 0.6 is 0 Å². The molecule has 2 N–H and O–H groups in total. The number of amides is 1. The third kappa shape index (κ3) is 2.26. The third-order valence-corrected chi connectivity index (χ3v) is 3.72. The van der Waals surface area contributed by atoms with Crippen molar-refractivity contribution in [1.82, 2.24) is 4.90 Å². The van der Waals surface area contributed by atoms with Gasteiger partial charge in [0.25, 0.3) is 5.91 Å². The standard InChI is InChI=1S/C14H18N2O3/c15-8-10-4-3-7-16(10)14(17)13-9-18-11-5-1-2-6-12(11)19-13/h1-2,5-6,10,13H,3-4,7-9,15H2. The molecule has 1 aromatic carbocycles. The summed E-state index contributed by atoms with van der Waals surface area (Å²) in [6.07, 6.45) is 1.44. The maximum absolute atomic E-state index is 12.4. The average Bonchev–Trinajstić information content (AvgIpc) is 2.94. The van der Waals surface area contributed by atoms with Crippen LogP contribution in [0.4, 0.5) is 0 Å². The van der Waals surface area contributed by atoms with Crippen LogP contribution < -0.4 is 15.2 Å². The largest absolute Gasteiger partial charge is 0.485 e. The summed E-state index contributed by atoms with van der Waals surface area (Å²) in [5.74, 6) is 1.32. The number of ether oxygens (including phenoxy) is 2. The fourth-order valence-corrected chi connectivity index (χ4v) is 2.70. The number of carbonyl (C=O) groups is 1. The van der Waals surface area contributed by atoms with E-state index in [-0.39, 0.29) is 18.6 Å². The second-order valence-electron chi connectivity index (χ2n) is 4.93. The van der Waals surface area contributed by atoms with E-state index in [9.17, 15) is 4.79 Å². The van der Waals surface area contributed by atoms with E-state index >= 15 is 0 Å². The number of hydrogen-bond donors (Lipinski definition) is 1. The maximum Gasteiger partial charge on any atom is 0.267 e.